The van der Waals surface area contributed by atoms with Crippen LogP contribution in [0.4, 0.5) is 0 Å². The van der Waals surface area contributed by atoms with Crippen molar-refractivity contribution in [1.82, 2.24) is 4.90 Å². The molecule has 0 aromatic rings. The first-order valence-electron chi connectivity index (χ1n) is 8.21. The lowest BCUT2D eigenvalue weighted by Gasteiger charge is -2.32. The topological polar surface area (TPSA) is 57.6 Å². The minimum atomic E-state index is -0.972. The summed E-state index contributed by atoms with van der Waals surface area (Å²) in [7, 11) is 1.83. The van der Waals surface area contributed by atoms with Gasteiger partial charge >= 0.3 is 5.97 Å². The second kappa shape index (κ2) is 5.98. The molecule has 21 heavy (non-hydrogen) atoms. The Labute approximate surface area is 127 Å². The second-order valence-corrected chi connectivity index (χ2v) is 7.76. The maximum absolute atomic E-state index is 12.4. The number of carbonyl (C=O) groups is 2. The van der Waals surface area contributed by atoms with Crippen LogP contribution in [0.15, 0.2) is 0 Å². The van der Waals surface area contributed by atoms with E-state index in [1.54, 1.807) is 11.8 Å². The lowest BCUT2D eigenvalue weighted by molar-refractivity contribution is -0.155. The molecule has 0 radical (unpaired) electrons. The van der Waals surface area contributed by atoms with E-state index in [1.165, 1.54) is 25.7 Å². The molecule has 4 atom stereocenters. The summed E-state index contributed by atoms with van der Waals surface area (Å²) in [5, 5.41) is 9.43. The van der Waals surface area contributed by atoms with Crippen molar-refractivity contribution in [2.45, 2.75) is 52.9 Å². The van der Waals surface area contributed by atoms with Gasteiger partial charge < -0.3 is 10.0 Å². The van der Waals surface area contributed by atoms with Gasteiger partial charge in [-0.05, 0) is 49.9 Å². The molecule has 120 valence electrons. The number of carbonyl (C=O) groups excluding carboxylic acids is 1. The van der Waals surface area contributed by atoms with Crippen LogP contribution < -0.4 is 0 Å². The molecule has 4 unspecified atom stereocenters. The minimum absolute atomic E-state index is 0.0311. The van der Waals surface area contributed by atoms with Crippen LogP contribution in [0.1, 0.15) is 52.9 Å². The molecule has 2 bridgehead atoms. The SMILES string of the molecule is CC(C)C(C)(CC(=O)N(C)CC1CC2CCC1C2)C(=O)O. The Balaban J connectivity index is 1.91. The first-order chi connectivity index (χ1) is 9.74. The standard InChI is InChI=1S/C17H29NO3/c1-11(2)17(3,16(20)21)9-15(19)18(4)10-14-8-12-5-6-13(14)7-12/h11-14H,5-10H2,1-4H3,(H,20,21). The zero-order chi connectivity index (χ0) is 15.8. The van der Waals surface area contributed by atoms with Crippen molar-refractivity contribution < 1.29 is 14.7 Å². The third-order valence-electron chi connectivity index (χ3n) is 6.10. The van der Waals surface area contributed by atoms with Crippen LogP contribution in [-0.4, -0.2) is 35.5 Å². The monoisotopic (exact) mass is 295 g/mol. The van der Waals surface area contributed by atoms with E-state index in [4.69, 9.17) is 0 Å². The molecule has 0 aliphatic heterocycles. The molecule has 2 aliphatic carbocycles. The molecule has 0 aromatic carbocycles. The molecule has 2 rings (SSSR count). The Morgan fingerprint density at radius 2 is 1.95 bits per heavy atom. The summed E-state index contributed by atoms with van der Waals surface area (Å²) >= 11 is 0. The first-order valence-corrected chi connectivity index (χ1v) is 8.21. The summed E-state index contributed by atoms with van der Waals surface area (Å²) in [5.41, 5.74) is -0.972. The largest absolute Gasteiger partial charge is 0.481 e. The number of fused-ring (bicyclic) bond motifs is 2. The van der Waals surface area contributed by atoms with Crippen LogP contribution in [0.3, 0.4) is 0 Å². The molecule has 2 aliphatic rings. The zero-order valence-corrected chi connectivity index (χ0v) is 13.8. The Morgan fingerprint density at radius 3 is 2.38 bits per heavy atom. The Hall–Kier alpha value is -1.06. The summed E-state index contributed by atoms with van der Waals surface area (Å²) in [4.78, 5) is 25.7. The highest BCUT2D eigenvalue weighted by molar-refractivity contribution is 5.84. The molecule has 4 nitrogen and oxygen atoms in total. The molecular formula is C17H29NO3. The predicted molar refractivity (Wildman–Crippen MR) is 81.8 cm³/mol. The molecular weight excluding hydrogens is 266 g/mol. The van der Waals surface area contributed by atoms with E-state index < -0.39 is 11.4 Å². The summed E-state index contributed by atoms with van der Waals surface area (Å²) in [6.07, 6.45) is 5.37. The van der Waals surface area contributed by atoms with Gasteiger partial charge in [0.25, 0.3) is 0 Å². The summed E-state index contributed by atoms with van der Waals surface area (Å²) in [6.45, 7) is 6.23. The summed E-state index contributed by atoms with van der Waals surface area (Å²) in [6, 6.07) is 0. The number of amides is 1. The van der Waals surface area contributed by atoms with Crippen LogP contribution in [-0.2, 0) is 9.59 Å². The van der Waals surface area contributed by atoms with Crippen molar-refractivity contribution in [2.75, 3.05) is 13.6 Å². The average Bonchev–Trinajstić information content (AvgIpc) is 3.00. The van der Waals surface area contributed by atoms with E-state index in [1.807, 2.05) is 20.9 Å². The van der Waals surface area contributed by atoms with Gasteiger partial charge in [-0.25, -0.2) is 0 Å². The first kappa shape index (κ1) is 16.3. The van der Waals surface area contributed by atoms with E-state index in [-0.39, 0.29) is 18.2 Å². The summed E-state index contributed by atoms with van der Waals surface area (Å²) in [5.74, 6) is 1.34. The highest BCUT2D eigenvalue weighted by Crippen LogP contribution is 2.48. The quantitative estimate of drug-likeness (QED) is 0.819. The number of aliphatic carboxylic acids is 1. The maximum atomic E-state index is 12.4. The fourth-order valence-electron chi connectivity index (χ4n) is 4.03. The van der Waals surface area contributed by atoms with Crippen LogP contribution in [0, 0.1) is 29.1 Å². The lowest BCUT2D eigenvalue weighted by Crippen LogP contribution is -2.41. The second-order valence-electron chi connectivity index (χ2n) is 7.76. The summed E-state index contributed by atoms with van der Waals surface area (Å²) < 4.78 is 0. The van der Waals surface area contributed by atoms with Gasteiger partial charge in [-0.3, -0.25) is 9.59 Å². The number of hydrogen-bond acceptors (Lipinski definition) is 2. The molecule has 0 spiro atoms. The number of nitrogens with zero attached hydrogens (tertiary/aromatic N) is 1. The van der Waals surface area contributed by atoms with Gasteiger partial charge in [0, 0.05) is 20.0 Å². The Bertz CT molecular complexity index is 420. The van der Waals surface area contributed by atoms with Gasteiger partial charge in [0.1, 0.15) is 0 Å². The highest BCUT2D eigenvalue weighted by Gasteiger charge is 2.42. The van der Waals surface area contributed by atoms with Gasteiger partial charge in [-0.2, -0.15) is 0 Å². The van der Waals surface area contributed by atoms with Gasteiger partial charge in [0.15, 0.2) is 0 Å². The number of rotatable bonds is 6. The van der Waals surface area contributed by atoms with Crippen LogP contribution in [0.5, 0.6) is 0 Å². The van der Waals surface area contributed by atoms with Gasteiger partial charge in [0.05, 0.1) is 5.41 Å². The molecule has 1 amide bonds. The van der Waals surface area contributed by atoms with Crippen molar-refractivity contribution in [2.24, 2.45) is 29.1 Å². The number of carboxylic acids is 1. The van der Waals surface area contributed by atoms with E-state index >= 15 is 0 Å². The lowest BCUT2D eigenvalue weighted by atomic mass is 9.76. The van der Waals surface area contributed by atoms with Gasteiger partial charge in [-0.15, -0.1) is 0 Å². The van der Waals surface area contributed by atoms with E-state index in [9.17, 15) is 14.7 Å². The molecule has 2 fully saturated rings. The molecule has 1 N–H and O–H groups in total. The normalized spacial score (nSPS) is 30.4. The van der Waals surface area contributed by atoms with Crippen LogP contribution in [0.2, 0.25) is 0 Å². The zero-order valence-electron chi connectivity index (χ0n) is 13.8. The maximum Gasteiger partial charge on any atom is 0.310 e. The smallest absolute Gasteiger partial charge is 0.310 e. The fourth-order valence-corrected chi connectivity index (χ4v) is 4.03. The van der Waals surface area contributed by atoms with Gasteiger partial charge in [-0.1, -0.05) is 20.3 Å². The van der Waals surface area contributed by atoms with Crippen molar-refractivity contribution in [3.63, 3.8) is 0 Å². The van der Waals surface area contributed by atoms with E-state index in [0.717, 1.165) is 18.4 Å². The van der Waals surface area contributed by atoms with Crippen molar-refractivity contribution >= 4 is 11.9 Å². The highest BCUT2D eigenvalue weighted by atomic mass is 16.4. The van der Waals surface area contributed by atoms with Crippen molar-refractivity contribution in [1.29, 1.82) is 0 Å². The Morgan fingerprint density at radius 1 is 1.29 bits per heavy atom. The van der Waals surface area contributed by atoms with Crippen LogP contribution in [0.25, 0.3) is 0 Å². The molecule has 4 heteroatoms. The van der Waals surface area contributed by atoms with Crippen molar-refractivity contribution in [3.8, 4) is 0 Å². The molecule has 2 saturated carbocycles. The number of hydrogen-bond donors (Lipinski definition) is 1. The van der Waals surface area contributed by atoms with Gasteiger partial charge in [0.2, 0.25) is 5.91 Å². The van der Waals surface area contributed by atoms with E-state index in [2.05, 4.69) is 0 Å². The average molecular weight is 295 g/mol. The predicted octanol–water partition coefficient (Wildman–Crippen LogP) is 3.02. The molecule has 0 saturated heterocycles. The third kappa shape index (κ3) is 3.24. The Kier molecular flexibility index (Phi) is 4.64. The number of carboxylic acid groups (broad SMARTS) is 1. The minimum Gasteiger partial charge on any atom is -0.481 e. The van der Waals surface area contributed by atoms with E-state index in [0.29, 0.717) is 5.92 Å². The third-order valence-corrected chi connectivity index (χ3v) is 6.10. The fraction of sp³-hybridized carbons (Fsp3) is 0.882. The molecule has 0 heterocycles. The molecule has 0 aromatic heterocycles. The van der Waals surface area contributed by atoms with Crippen molar-refractivity contribution in [3.05, 3.63) is 0 Å². The van der Waals surface area contributed by atoms with Crippen LogP contribution >= 0.6 is 0 Å².